The third-order valence-electron chi connectivity index (χ3n) is 3.13. The number of aliphatic hydroxyl groups is 1. The number of imide groups is 1. The lowest BCUT2D eigenvalue weighted by molar-refractivity contribution is -0.245. The smallest absolute Gasteiger partial charge is 0.254 e. The molecule has 7 heteroatoms. The van der Waals surface area contributed by atoms with E-state index in [-0.39, 0.29) is 24.7 Å². The van der Waals surface area contributed by atoms with Crippen LogP contribution in [0.5, 0.6) is 0 Å². The van der Waals surface area contributed by atoms with E-state index in [1.54, 1.807) is 0 Å². The second kappa shape index (κ2) is 9.65. The van der Waals surface area contributed by atoms with Gasteiger partial charge in [0.1, 0.15) is 0 Å². The number of unbranched alkanes of at least 4 members (excludes halogenated alkanes) is 1. The van der Waals surface area contributed by atoms with Crippen LogP contribution in [0, 0.1) is 0 Å². The minimum atomic E-state index is -1.09. The van der Waals surface area contributed by atoms with Gasteiger partial charge in [0.2, 0.25) is 0 Å². The standard InChI is InChI=1S/C13H23NO4S2/c1-20-9-8-10(19)4-2-3-5-13(17)18-14-11(15)6-7-12(14)16/h10,13,17,19H,2-9H2,1H3. The van der Waals surface area contributed by atoms with E-state index in [1.807, 2.05) is 11.8 Å². The summed E-state index contributed by atoms with van der Waals surface area (Å²) in [6.45, 7) is 0. The molecule has 0 aliphatic carbocycles. The van der Waals surface area contributed by atoms with Gasteiger partial charge in [-0.3, -0.25) is 9.59 Å². The average molecular weight is 321 g/mol. The maximum Gasteiger partial charge on any atom is 0.254 e. The van der Waals surface area contributed by atoms with Crippen LogP contribution in [0.3, 0.4) is 0 Å². The minimum absolute atomic E-state index is 0.169. The number of carbonyl (C=O) groups is 2. The molecule has 1 N–H and O–H groups in total. The summed E-state index contributed by atoms with van der Waals surface area (Å²) in [4.78, 5) is 27.6. The van der Waals surface area contributed by atoms with Crippen molar-refractivity contribution in [1.82, 2.24) is 5.06 Å². The lowest BCUT2D eigenvalue weighted by Gasteiger charge is -2.18. The van der Waals surface area contributed by atoms with Crippen LogP contribution in [-0.4, -0.2) is 45.5 Å². The summed E-state index contributed by atoms with van der Waals surface area (Å²) >= 11 is 6.32. The fourth-order valence-corrected chi connectivity index (χ4v) is 2.95. The number of hydrogen-bond acceptors (Lipinski definition) is 6. The Morgan fingerprint density at radius 1 is 1.25 bits per heavy atom. The number of amides is 2. The van der Waals surface area contributed by atoms with Gasteiger partial charge in [-0.2, -0.15) is 29.5 Å². The van der Waals surface area contributed by atoms with Crippen LogP contribution in [0.2, 0.25) is 0 Å². The molecule has 5 nitrogen and oxygen atoms in total. The zero-order valence-corrected chi connectivity index (χ0v) is 13.5. The van der Waals surface area contributed by atoms with Crippen LogP contribution >= 0.6 is 24.4 Å². The molecule has 1 aliphatic rings. The molecule has 0 bridgehead atoms. The van der Waals surface area contributed by atoms with Crippen molar-refractivity contribution in [1.29, 1.82) is 0 Å². The first kappa shape index (κ1) is 17.8. The molecule has 1 fully saturated rings. The molecule has 20 heavy (non-hydrogen) atoms. The molecule has 2 amide bonds. The molecule has 0 aromatic heterocycles. The highest BCUT2D eigenvalue weighted by Gasteiger charge is 2.31. The van der Waals surface area contributed by atoms with Crippen LogP contribution in [0.4, 0.5) is 0 Å². The van der Waals surface area contributed by atoms with E-state index in [1.165, 1.54) is 0 Å². The molecule has 1 saturated heterocycles. The van der Waals surface area contributed by atoms with Crippen LogP contribution < -0.4 is 0 Å². The highest BCUT2D eigenvalue weighted by molar-refractivity contribution is 7.98. The Hall–Kier alpha value is -0.240. The van der Waals surface area contributed by atoms with Crippen molar-refractivity contribution in [2.75, 3.05) is 12.0 Å². The van der Waals surface area contributed by atoms with Gasteiger partial charge in [0.15, 0.2) is 6.29 Å². The SMILES string of the molecule is CSCCC(S)CCCCC(O)ON1C(=O)CCC1=O. The van der Waals surface area contributed by atoms with E-state index >= 15 is 0 Å². The summed E-state index contributed by atoms with van der Waals surface area (Å²) in [6.07, 6.45) is 5.56. The third kappa shape index (κ3) is 6.47. The first-order valence-corrected chi connectivity index (χ1v) is 8.83. The minimum Gasteiger partial charge on any atom is -0.366 e. The summed E-state index contributed by atoms with van der Waals surface area (Å²) in [5, 5.41) is 10.8. The second-order valence-electron chi connectivity index (χ2n) is 4.86. The molecular formula is C13H23NO4S2. The number of hydrogen-bond donors (Lipinski definition) is 2. The third-order valence-corrected chi connectivity index (χ3v) is 4.29. The molecule has 0 saturated carbocycles. The van der Waals surface area contributed by atoms with E-state index in [0.717, 1.165) is 31.4 Å². The van der Waals surface area contributed by atoms with Gasteiger partial charge in [0.05, 0.1) is 0 Å². The van der Waals surface area contributed by atoms with Crippen LogP contribution in [0.15, 0.2) is 0 Å². The monoisotopic (exact) mass is 321 g/mol. The highest BCUT2D eigenvalue weighted by atomic mass is 32.2. The van der Waals surface area contributed by atoms with Crippen molar-refractivity contribution in [2.45, 2.75) is 56.5 Å². The number of hydroxylamine groups is 2. The van der Waals surface area contributed by atoms with E-state index in [2.05, 4.69) is 18.9 Å². The topological polar surface area (TPSA) is 66.8 Å². The van der Waals surface area contributed by atoms with Gasteiger partial charge in [-0.05, 0) is 31.3 Å². The largest absolute Gasteiger partial charge is 0.366 e. The fraction of sp³-hybridized carbons (Fsp3) is 0.846. The molecule has 1 rings (SSSR count). The number of carbonyl (C=O) groups excluding carboxylic acids is 2. The van der Waals surface area contributed by atoms with Gasteiger partial charge >= 0.3 is 0 Å². The number of nitrogens with zero attached hydrogens (tertiary/aromatic N) is 1. The van der Waals surface area contributed by atoms with E-state index in [4.69, 9.17) is 4.84 Å². The fourth-order valence-electron chi connectivity index (χ4n) is 1.95. The van der Waals surface area contributed by atoms with Crippen molar-refractivity contribution in [3.63, 3.8) is 0 Å². The molecule has 2 unspecified atom stereocenters. The van der Waals surface area contributed by atoms with Gasteiger partial charge in [-0.1, -0.05) is 6.42 Å². The van der Waals surface area contributed by atoms with Gasteiger partial charge in [-0.25, -0.2) is 4.84 Å². The van der Waals surface area contributed by atoms with Crippen molar-refractivity contribution in [3.8, 4) is 0 Å². The van der Waals surface area contributed by atoms with Gasteiger partial charge in [0, 0.05) is 24.5 Å². The summed E-state index contributed by atoms with van der Waals surface area (Å²) < 4.78 is 0. The molecule has 1 heterocycles. The van der Waals surface area contributed by atoms with Crippen molar-refractivity contribution >= 4 is 36.2 Å². The predicted molar refractivity (Wildman–Crippen MR) is 82.4 cm³/mol. The summed E-state index contributed by atoms with van der Waals surface area (Å²) in [6, 6.07) is 0. The molecule has 116 valence electrons. The van der Waals surface area contributed by atoms with Gasteiger partial charge < -0.3 is 5.11 Å². The summed E-state index contributed by atoms with van der Waals surface area (Å²) in [5.41, 5.74) is 0. The summed E-state index contributed by atoms with van der Waals surface area (Å²) in [5.74, 6) is 0.363. The normalized spacial score (nSPS) is 18.6. The maximum atomic E-state index is 11.3. The Labute approximate surface area is 129 Å². The zero-order valence-electron chi connectivity index (χ0n) is 11.8. The Bertz CT molecular complexity index is 311. The van der Waals surface area contributed by atoms with Gasteiger partial charge in [0.25, 0.3) is 11.8 Å². The number of rotatable bonds is 10. The molecular weight excluding hydrogens is 298 g/mol. The molecule has 0 spiro atoms. The Morgan fingerprint density at radius 3 is 2.45 bits per heavy atom. The summed E-state index contributed by atoms with van der Waals surface area (Å²) in [7, 11) is 0. The Morgan fingerprint density at radius 2 is 1.85 bits per heavy atom. The lowest BCUT2D eigenvalue weighted by Crippen LogP contribution is -2.34. The number of thiol groups is 1. The highest BCUT2D eigenvalue weighted by Crippen LogP contribution is 2.17. The number of aliphatic hydroxyl groups excluding tert-OH is 1. The quantitative estimate of drug-likeness (QED) is 0.279. The maximum absolute atomic E-state index is 11.3. The van der Waals surface area contributed by atoms with Crippen LogP contribution in [0.25, 0.3) is 0 Å². The molecule has 0 aromatic carbocycles. The second-order valence-corrected chi connectivity index (χ2v) is 6.58. The predicted octanol–water partition coefficient (Wildman–Crippen LogP) is 2.00. The molecule has 1 aliphatic heterocycles. The Balaban J connectivity index is 2.09. The lowest BCUT2D eigenvalue weighted by atomic mass is 10.1. The first-order chi connectivity index (χ1) is 9.54. The van der Waals surface area contributed by atoms with E-state index in [0.29, 0.717) is 16.7 Å². The Kier molecular flexibility index (Phi) is 8.60. The van der Waals surface area contributed by atoms with Crippen molar-refractivity contribution in [3.05, 3.63) is 0 Å². The zero-order chi connectivity index (χ0) is 15.0. The van der Waals surface area contributed by atoms with Crippen molar-refractivity contribution < 1.29 is 19.5 Å². The molecule has 0 radical (unpaired) electrons. The molecule has 2 atom stereocenters. The van der Waals surface area contributed by atoms with Crippen LogP contribution in [-0.2, 0) is 14.4 Å². The average Bonchev–Trinajstić information content (AvgIpc) is 2.73. The number of thioether (sulfide) groups is 1. The molecule has 0 aromatic rings. The first-order valence-electron chi connectivity index (χ1n) is 6.92. The van der Waals surface area contributed by atoms with Crippen molar-refractivity contribution in [2.24, 2.45) is 0 Å². The van der Waals surface area contributed by atoms with Gasteiger partial charge in [-0.15, -0.1) is 0 Å². The van der Waals surface area contributed by atoms with Crippen LogP contribution in [0.1, 0.15) is 44.9 Å². The van der Waals surface area contributed by atoms with E-state index < -0.39 is 6.29 Å². The van der Waals surface area contributed by atoms with E-state index in [9.17, 15) is 14.7 Å².